The fraction of sp³-hybridized carbons (Fsp3) is 0.433. The molecule has 1 amide bonds. The summed E-state index contributed by atoms with van der Waals surface area (Å²) in [6.07, 6.45) is 14.7. The summed E-state index contributed by atoms with van der Waals surface area (Å²) in [5.41, 5.74) is 6.18. The lowest BCUT2D eigenvalue weighted by Gasteiger charge is -2.47. The van der Waals surface area contributed by atoms with Gasteiger partial charge in [-0.1, -0.05) is 55.7 Å². The van der Waals surface area contributed by atoms with Gasteiger partial charge < -0.3 is 24.8 Å². The molecule has 9 nitrogen and oxygen atoms in total. The molecule has 39 heavy (non-hydrogen) atoms. The third-order valence-corrected chi connectivity index (χ3v) is 8.03. The van der Waals surface area contributed by atoms with Crippen LogP contribution in [0.15, 0.2) is 78.3 Å². The molecule has 1 aromatic carbocycles. The first-order valence-corrected chi connectivity index (χ1v) is 13.7. The highest BCUT2D eigenvalue weighted by atomic mass is 16.6. The molecule has 1 unspecified atom stereocenters. The van der Waals surface area contributed by atoms with Gasteiger partial charge in [0.2, 0.25) is 11.8 Å². The Hall–Kier alpha value is -3.85. The Morgan fingerprint density at radius 2 is 1.69 bits per heavy atom. The van der Waals surface area contributed by atoms with E-state index in [0.29, 0.717) is 50.7 Å². The minimum atomic E-state index is -1.17. The summed E-state index contributed by atoms with van der Waals surface area (Å²) in [6, 6.07) is 7.53. The molecule has 4 aliphatic rings. The molecule has 2 fully saturated rings. The quantitative estimate of drug-likeness (QED) is 0.417. The number of amides is 1. The molecule has 1 atom stereocenters. The van der Waals surface area contributed by atoms with E-state index >= 15 is 0 Å². The van der Waals surface area contributed by atoms with Gasteiger partial charge in [-0.3, -0.25) is 14.5 Å². The van der Waals surface area contributed by atoms with Gasteiger partial charge in [-0.05, 0) is 43.4 Å². The molecule has 0 aromatic heterocycles. The zero-order valence-electron chi connectivity index (χ0n) is 22.1. The smallest absolute Gasteiger partial charge is 0.345 e. The van der Waals surface area contributed by atoms with E-state index in [9.17, 15) is 14.4 Å². The predicted molar refractivity (Wildman–Crippen MR) is 143 cm³/mol. The fourth-order valence-corrected chi connectivity index (χ4v) is 5.98. The highest BCUT2D eigenvalue weighted by Gasteiger charge is 2.53. The number of carbonyl (C=O) groups excluding carboxylic acids is 3. The Balaban J connectivity index is 1.26. The molecule has 1 aromatic rings. The van der Waals surface area contributed by atoms with Gasteiger partial charge in [0.1, 0.15) is 12.3 Å². The number of allylic oxidation sites excluding steroid dienone is 4. The first kappa shape index (κ1) is 26.7. The van der Waals surface area contributed by atoms with Crippen LogP contribution in [0.2, 0.25) is 0 Å². The molecule has 9 heteroatoms. The Bertz CT molecular complexity index is 1200. The summed E-state index contributed by atoms with van der Waals surface area (Å²) in [6.45, 7) is 2.09. The minimum absolute atomic E-state index is 0.289. The first-order chi connectivity index (χ1) is 19.0. The van der Waals surface area contributed by atoms with Crippen LogP contribution in [-0.2, 0) is 23.8 Å². The lowest BCUT2D eigenvalue weighted by Crippen LogP contribution is -2.63. The van der Waals surface area contributed by atoms with E-state index < -0.39 is 29.3 Å². The molecular weight excluding hydrogens is 498 g/mol. The van der Waals surface area contributed by atoms with Gasteiger partial charge in [-0.25, -0.2) is 4.79 Å². The Morgan fingerprint density at radius 1 is 0.949 bits per heavy atom. The molecular formula is C30H35N3O6. The highest BCUT2D eigenvalue weighted by molar-refractivity contribution is 6.00. The van der Waals surface area contributed by atoms with Crippen LogP contribution in [0.4, 0.5) is 0 Å². The van der Waals surface area contributed by atoms with E-state index in [1.165, 1.54) is 0 Å². The minimum Gasteiger partial charge on any atom is -0.456 e. The fourth-order valence-electron chi connectivity index (χ4n) is 5.98. The number of esters is 2. The van der Waals surface area contributed by atoms with Crippen LogP contribution in [0, 0.1) is 5.41 Å². The number of nitrogens with zero attached hydrogens (tertiary/aromatic N) is 2. The molecule has 1 saturated heterocycles. The molecule has 0 spiro atoms. The van der Waals surface area contributed by atoms with Crippen molar-refractivity contribution in [3.8, 4) is 0 Å². The van der Waals surface area contributed by atoms with E-state index in [0.717, 1.165) is 37.7 Å². The molecule has 2 heterocycles. The van der Waals surface area contributed by atoms with Gasteiger partial charge in [0.25, 0.3) is 0 Å². The molecule has 0 radical (unpaired) electrons. The Morgan fingerprint density at radius 3 is 2.31 bits per heavy atom. The highest BCUT2D eigenvalue weighted by Crippen LogP contribution is 2.43. The van der Waals surface area contributed by atoms with Crippen LogP contribution in [0.5, 0.6) is 0 Å². The van der Waals surface area contributed by atoms with Crippen molar-refractivity contribution in [3.05, 3.63) is 83.9 Å². The number of hydrogen-bond donors (Lipinski definition) is 1. The van der Waals surface area contributed by atoms with Crippen molar-refractivity contribution < 1.29 is 28.6 Å². The van der Waals surface area contributed by atoms with Crippen LogP contribution in [-0.4, -0.2) is 59.9 Å². The lowest BCUT2D eigenvalue weighted by molar-refractivity contribution is -0.162. The van der Waals surface area contributed by atoms with E-state index in [1.807, 2.05) is 22.0 Å². The number of benzene rings is 1. The standard InChI is InChI=1S/C30H35N3O6/c31-27(34)26(30(14-8-3-9-15-30)29(36)39-28(35)23-12-6-2-7-13-23)33-18-16-32(17-19-33)25-21-37-24(20-38-25)22-10-4-1-5-11-22/h1-2,4,6-7,10,12-13,20-21,26H,3,5,8-9,11,14-19H2,(H2,31,34). The monoisotopic (exact) mass is 533 g/mol. The van der Waals surface area contributed by atoms with Gasteiger partial charge in [0.15, 0.2) is 12.0 Å². The Kier molecular flexibility index (Phi) is 8.16. The summed E-state index contributed by atoms with van der Waals surface area (Å²) in [7, 11) is 0. The number of primary amides is 1. The van der Waals surface area contributed by atoms with Crippen LogP contribution in [0.3, 0.4) is 0 Å². The summed E-state index contributed by atoms with van der Waals surface area (Å²) in [5.74, 6) is -0.654. The van der Waals surface area contributed by atoms with E-state index in [4.69, 9.17) is 19.9 Å². The SMILES string of the molecule is NC(=O)C(N1CCN(C2=COC(C3=CC=CCC3)=CO2)CC1)C1(C(=O)OC(=O)c2ccccc2)CCCCC1. The Labute approximate surface area is 228 Å². The average molecular weight is 534 g/mol. The number of rotatable bonds is 7. The first-order valence-electron chi connectivity index (χ1n) is 13.7. The lowest BCUT2D eigenvalue weighted by atomic mass is 9.68. The molecule has 2 aliphatic carbocycles. The summed E-state index contributed by atoms with van der Waals surface area (Å²) >= 11 is 0. The van der Waals surface area contributed by atoms with Crippen molar-refractivity contribution in [2.24, 2.45) is 11.1 Å². The molecule has 0 bridgehead atoms. The number of ether oxygens (including phenoxy) is 3. The summed E-state index contributed by atoms with van der Waals surface area (Å²) in [5, 5.41) is 0. The second-order valence-electron chi connectivity index (χ2n) is 10.4. The maximum Gasteiger partial charge on any atom is 0.345 e. The second kappa shape index (κ2) is 11.9. The molecule has 2 N–H and O–H groups in total. The third-order valence-electron chi connectivity index (χ3n) is 8.03. The van der Waals surface area contributed by atoms with Crippen LogP contribution in [0.25, 0.3) is 0 Å². The van der Waals surface area contributed by atoms with Crippen molar-refractivity contribution in [2.75, 3.05) is 26.2 Å². The van der Waals surface area contributed by atoms with Crippen LogP contribution >= 0.6 is 0 Å². The van der Waals surface area contributed by atoms with Crippen molar-refractivity contribution in [1.29, 1.82) is 0 Å². The largest absolute Gasteiger partial charge is 0.456 e. The predicted octanol–water partition coefficient (Wildman–Crippen LogP) is 3.76. The van der Waals surface area contributed by atoms with Crippen molar-refractivity contribution in [2.45, 2.75) is 51.0 Å². The van der Waals surface area contributed by atoms with Crippen LogP contribution in [0.1, 0.15) is 55.3 Å². The van der Waals surface area contributed by atoms with Gasteiger partial charge in [0.05, 0.1) is 11.0 Å². The molecule has 206 valence electrons. The van der Waals surface area contributed by atoms with Crippen molar-refractivity contribution >= 4 is 17.8 Å². The third kappa shape index (κ3) is 5.78. The zero-order valence-corrected chi connectivity index (χ0v) is 22.1. The van der Waals surface area contributed by atoms with E-state index in [-0.39, 0.29) is 5.56 Å². The summed E-state index contributed by atoms with van der Waals surface area (Å²) in [4.78, 5) is 43.3. The maximum absolute atomic E-state index is 13.6. The van der Waals surface area contributed by atoms with Crippen molar-refractivity contribution in [1.82, 2.24) is 9.80 Å². The zero-order chi connectivity index (χ0) is 27.2. The van der Waals surface area contributed by atoms with Gasteiger partial charge >= 0.3 is 11.9 Å². The normalized spacial score (nSPS) is 21.8. The van der Waals surface area contributed by atoms with Gasteiger partial charge in [0, 0.05) is 26.2 Å². The molecule has 2 aliphatic heterocycles. The van der Waals surface area contributed by atoms with Crippen LogP contribution < -0.4 is 5.73 Å². The molecule has 5 rings (SSSR count). The number of nitrogens with two attached hydrogens (primary N) is 1. The number of hydrogen-bond acceptors (Lipinski definition) is 8. The number of carbonyl (C=O) groups is 3. The van der Waals surface area contributed by atoms with Gasteiger partial charge in [-0.2, -0.15) is 0 Å². The summed E-state index contributed by atoms with van der Waals surface area (Å²) < 4.78 is 17.2. The van der Waals surface area contributed by atoms with E-state index in [1.54, 1.807) is 42.9 Å². The maximum atomic E-state index is 13.6. The van der Waals surface area contributed by atoms with Crippen molar-refractivity contribution in [3.63, 3.8) is 0 Å². The van der Waals surface area contributed by atoms with Gasteiger partial charge in [-0.15, -0.1) is 0 Å². The average Bonchev–Trinajstić information content (AvgIpc) is 2.99. The number of piperazine rings is 1. The van der Waals surface area contributed by atoms with E-state index in [2.05, 4.69) is 6.08 Å². The second-order valence-corrected chi connectivity index (χ2v) is 10.4. The topological polar surface area (TPSA) is 111 Å². The molecule has 1 saturated carbocycles.